The van der Waals surface area contributed by atoms with E-state index in [9.17, 15) is 15.0 Å². The normalized spacial score (nSPS) is 26.6. The van der Waals surface area contributed by atoms with Crippen LogP contribution in [0.25, 0.3) is 11.2 Å². The molecule has 4 heterocycles. The number of nitrogens with one attached hydrogen (secondary N) is 1. The lowest BCUT2D eigenvalue weighted by Crippen LogP contribution is -2.36. The van der Waals surface area contributed by atoms with Crippen LogP contribution in [0.2, 0.25) is 0 Å². The molecule has 2 fully saturated rings. The molecule has 2 saturated heterocycles. The minimum atomic E-state index is -1.20. The molecule has 4 rings (SSSR count). The van der Waals surface area contributed by atoms with Gasteiger partial charge in [0, 0.05) is 25.7 Å². The lowest BCUT2D eigenvalue weighted by Gasteiger charge is -2.24. The van der Waals surface area contributed by atoms with E-state index < -0.39 is 24.5 Å². The van der Waals surface area contributed by atoms with E-state index in [1.807, 2.05) is 13.8 Å². The molecule has 12 nitrogen and oxygen atoms in total. The smallest absolute Gasteiger partial charge is 0.249 e. The van der Waals surface area contributed by atoms with Crippen LogP contribution >= 0.6 is 0 Å². The summed E-state index contributed by atoms with van der Waals surface area (Å²) in [6.07, 6.45) is 2.04. The molecule has 12 heteroatoms. The number of nitrogens with zero attached hydrogens (tertiary/aromatic N) is 5. The Hall–Kier alpha value is -2.48. The number of aliphatic hydroxyl groups is 2. The number of carbonyl (C=O) groups is 1. The van der Waals surface area contributed by atoms with Crippen LogP contribution in [0.3, 0.4) is 0 Å². The van der Waals surface area contributed by atoms with E-state index in [-0.39, 0.29) is 24.4 Å². The zero-order valence-electron chi connectivity index (χ0n) is 18.7. The van der Waals surface area contributed by atoms with Gasteiger partial charge < -0.3 is 29.7 Å². The molecule has 0 radical (unpaired) electrons. The Morgan fingerprint density at radius 2 is 2.06 bits per heavy atom. The average molecular weight is 463 g/mol. The van der Waals surface area contributed by atoms with E-state index in [2.05, 4.69) is 25.2 Å². The third kappa shape index (κ3) is 5.54. The van der Waals surface area contributed by atoms with Gasteiger partial charge in [-0.2, -0.15) is 0 Å². The summed E-state index contributed by atoms with van der Waals surface area (Å²) < 4.78 is 18.2. The summed E-state index contributed by atoms with van der Waals surface area (Å²) in [5.41, 5.74) is 0.707. The highest BCUT2D eigenvalue weighted by Crippen LogP contribution is 2.32. The minimum Gasteiger partial charge on any atom is -0.387 e. The second kappa shape index (κ2) is 10.6. The number of aliphatic hydroxyl groups excluding tert-OH is 2. The maximum atomic E-state index is 12.4. The number of aromatic nitrogens is 4. The molecule has 2 aromatic heterocycles. The van der Waals surface area contributed by atoms with E-state index in [1.165, 1.54) is 23.3 Å². The molecule has 0 unspecified atom stereocenters. The van der Waals surface area contributed by atoms with Crippen molar-refractivity contribution >= 4 is 22.9 Å². The van der Waals surface area contributed by atoms with Gasteiger partial charge in [-0.05, 0) is 13.8 Å². The first-order valence-corrected chi connectivity index (χ1v) is 11.0. The van der Waals surface area contributed by atoms with Crippen molar-refractivity contribution in [3.8, 4) is 0 Å². The molecule has 0 bridgehead atoms. The van der Waals surface area contributed by atoms with E-state index in [0.717, 1.165) is 13.1 Å². The Morgan fingerprint density at radius 3 is 2.82 bits per heavy atom. The molecule has 3 N–H and O–H groups in total. The topological polar surface area (TPSA) is 144 Å². The molecule has 1 amide bonds. The van der Waals surface area contributed by atoms with Gasteiger partial charge >= 0.3 is 0 Å². The van der Waals surface area contributed by atoms with Crippen molar-refractivity contribution in [2.24, 2.45) is 0 Å². The number of anilines is 1. The number of amides is 1. The molecule has 0 spiro atoms. The van der Waals surface area contributed by atoms with Gasteiger partial charge in [0.05, 0.1) is 32.3 Å². The van der Waals surface area contributed by atoms with E-state index in [4.69, 9.17) is 14.2 Å². The number of ether oxygens (including phenoxy) is 3. The van der Waals surface area contributed by atoms with Crippen LogP contribution in [-0.2, 0) is 19.0 Å². The van der Waals surface area contributed by atoms with Crippen molar-refractivity contribution in [2.45, 2.75) is 44.5 Å². The molecule has 0 saturated carbocycles. The third-order valence-electron chi connectivity index (χ3n) is 5.54. The van der Waals surface area contributed by atoms with Crippen molar-refractivity contribution in [1.29, 1.82) is 0 Å². The van der Waals surface area contributed by atoms with Crippen molar-refractivity contribution in [3.63, 3.8) is 0 Å². The summed E-state index contributed by atoms with van der Waals surface area (Å²) in [5.74, 6) is -0.0937. The molecule has 2 aliphatic heterocycles. The van der Waals surface area contributed by atoms with E-state index in [1.54, 1.807) is 6.08 Å². The van der Waals surface area contributed by atoms with Crippen LogP contribution in [0.15, 0.2) is 24.8 Å². The molecular weight excluding hydrogens is 432 g/mol. The summed E-state index contributed by atoms with van der Waals surface area (Å²) in [6, 6.07) is 0. The lowest BCUT2D eigenvalue weighted by atomic mass is 10.1. The highest BCUT2D eigenvalue weighted by atomic mass is 16.6. The number of imidazole rings is 1. The highest BCUT2D eigenvalue weighted by Gasteiger charge is 2.44. The Balaban J connectivity index is 1.44. The second-order valence-corrected chi connectivity index (χ2v) is 8.28. The highest BCUT2D eigenvalue weighted by molar-refractivity contribution is 6.02. The number of rotatable bonds is 8. The standard InChI is InChI=1S/C21H30N6O6/c1-13(2)32-10-14-17(29)18(30)21(33-14)27-12-24-16-19(22-11-23-20(16)27)25-15(28)4-3-5-26-6-8-31-9-7-26/h3-4,11-14,17-18,21,29-30H,5-10H2,1-2H3,(H,22,23,25,28)/b4-3+/t14-,17-,18-,21-/m1/s1. The summed E-state index contributed by atoms with van der Waals surface area (Å²) in [7, 11) is 0. The van der Waals surface area contributed by atoms with E-state index >= 15 is 0 Å². The first-order chi connectivity index (χ1) is 15.9. The van der Waals surface area contributed by atoms with Gasteiger partial charge in [0.25, 0.3) is 0 Å². The van der Waals surface area contributed by atoms with Crippen molar-refractivity contribution in [1.82, 2.24) is 24.4 Å². The molecule has 180 valence electrons. The maximum Gasteiger partial charge on any atom is 0.249 e. The van der Waals surface area contributed by atoms with Crippen molar-refractivity contribution < 1.29 is 29.2 Å². The largest absolute Gasteiger partial charge is 0.387 e. The molecule has 0 aromatic carbocycles. The summed E-state index contributed by atoms with van der Waals surface area (Å²) in [5, 5.41) is 23.6. The Labute approximate surface area is 191 Å². The summed E-state index contributed by atoms with van der Waals surface area (Å²) in [6.45, 7) is 7.63. The molecule has 2 aliphatic rings. The van der Waals surface area contributed by atoms with Gasteiger partial charge in [-0.15, -0.1) is 0 Å². The quantitative estimate of drug-likeness (QED) is 0.447. The first-order valence-electron chi connectivity index (χ1n) is 11.0. The second-order valence-electron chi connectivity index (χ2n) is 8.28. The predicted octanol–water partition coefficient (Wildman–Crippen LogP) is -0.303. The number of morpholine rings is 1. The van der Waals surface area contributed by atoms with Crippen LogP contribution in [0.1, 0.15) is 20.1 Å². The van der Waals surface area contributed by atoms with Gasteiger partial charge in [-0.3, -0.25) is 14.3 Å². The number of fused-ring (bicyclic) bond motifs is 1. The molecule has 4 atom stereocenters. The number of hydrogen-bond acceptors (Lipinski definition) is 10. The first kappa shape index (κ1) is 23.7. The number of hydrogen-bond donors (Lipinski definition) is 3. The van der Waals surface area contributed by atoms with Gasteiger partial charge in [-0.1, -0.05) is 6.08 Å². The van der Waals surface area contributed by atoms with Crippen LogP contribution in [0, 0.1) is 0 Å². The van der Waals surface area contributed by atoms with Crippen molar-refractivity contribution in [3.05, 3.63) is 24.8 Å². The lowest BCUT2D eigenvalue weighted by molar-refractivity contribution is -0.111. The Bertz CT molecular complexity index is 975. The summed E-state index contributed by atoms with van der Waals surface area (Å²) in [4.78, 5) is 27.2. The van der Waals surface area contributed by atoms with Crippen molar-refractivity contribution in [2.75, 3.05) is 44.8 Å². The fraction of sp³-hybridized carbons (Fsp3) is 0.619. The van der Waals surface area contributed by atoms with Gasteiger partial charge in [0.15, 0.2) is 23.2 Å². The summed E-state index contributed by atoms with van der Waals surface area (Å²) >= 11 is 0. The minimum absolute atomic E-state index is 0.0344. The third-order valence-corrected chi connectivity index (χ3v) is 5.54. The Morgan fingerprint density at radius 1 is 1.27 bits per heavy atom. The van der Waals surface area contributed by atoms with Gasteiger partial charge in [0.2, 0.25) is 5.91 Å². The molecule has 0 aliphatic carbocycles. The number of carbonyl (C=O) groups excluding carboxylic acids is 1. The molecule has 2 aromatic rings. The SMILES string of the molecule is CC(C)OC[C@H]1O[C@@H](n2cnc3c(NC(=O)/C=C/CN4CCOCC4)ncnc32)[C@H](O)[C@@H]1O. The van der Waals surface area contributed by atoms with Gasteiger partial charge in [0.1, 0.15) is 24.6 Å². The van der Waals surface area contributed by atoms with Crippen LogP contribution in [-0.4, -0.2) is 104 Å². The monoisotopic (exact) mass is 462 g/mol. The van der Waals surface area contributed by atoms with Gasteiger partial charge in [-0.25, -0.2) is 15.0 Å². The van der Waals surface area contributed by atoms with Crippen LogP contribution in [0.5, 0.6) is 0 Å². The predicted molar refractivity (Wildman–Crippen MR) is 117 cm³/mol. The molecular formula is C21H30N6O6. The zero-order chi connectivity index (χ0) is 23.4. The van der Waals surface area contributed by atoms with Crippen LogP contribution in [0.4, 0.5) is 5.82 Å². The van der Waals surface area contributed by atoms with E-state index in [0.29, 0.717) is 30.9 Å². The van der Waals surface area contributed by atoms with Crippen LogP contribution < -0.4 is 5.32 Å². The fourth-order valence-electron chi connectivity index (χ4n) is 3.76. The maximum absolute atomic E-state index is 12.4. The average Bonchev–Trinajstić information content (AvgIpc) is 3.35. The zero-order valence-corrected chi connectivity index (χ0v) is 18.7. The fourth-order valence-corrected chi connectivity index (χ4v) is 3.76. The molecule has 33 heavy (non-hydrogen) atoms. The Kier molecular flexibility index (Phi) is 7.63.